The van der Waals surface area contributed by atoms with Crippen molar-refractivity contribution in [3.63, 3.8) is 0 Å². The lowest BCUT2D eigenvalue weighted by molar-refractivity contribution is 0.465. The van der Waals surface area contributed by atoms with Gasteiger partial charge >= 0.3 is 0 Å². The molecule has 0 aromatic heterocycles. The summed E-state index contributed by atoms with van der Waals surface area (Å²) < 4.78 is 0. The minimum Gasteiger partial charge on any atom is -0.508 e. The molecule has 57 heavy (non-hydrogen) atoms. The van der Waals surface area contributed by atoms with E-state index in [1.165, 1.54) is 308 Å². The van der Waals surface area contributed by atoms with E-state index < -0.39 is 0 Å². The second-order valence-electron chi connectivity index (χ2n) is 19.0. The van der Waals surface area contributed by atoms with E-state index in [1.807, 2.05) is 18.2 Å². The second-order valence-corrected chi connectivity index (χ2v) is 19.0. The van der Waals surface area contributed by atoms with Crippen molar-refractivity contribution in [3.05, 3.63) is 29.8 Å². The lowest BCUT2D eigenvalue weighted by Crippen LogP contribution is -1.87. The van der Waals surface area contributed by atoms with Crippen molar-refractivity contribution in [1.82, 2.24) is 0 Å². The van der Waals surface area contributed by atoms with Gasteiger partial charge in [-0.1, -0.05) is 327 Å². The molecule has 1 N–H and O–H groups in total. The maximum absolute atomic E-state index is 9.86. The molecular formula is C56H106O. The Kier molecular flexibility index (Phi) is 45.2. The third kappa shape index (κ3) is 42.9. The number of para-hydroxylation sites is 1. The molecule has 0 atom stereocenters. The van der Waals surface area contributed by atoms with Gasteiger partial charge in [0, 0.05) is 0 Å². The number of rotatable bonds is 49. The Bertz CT molecular complexity index is 861. The van der Waals surface area contributed by atoms with Crippen LogP contribution in [0.15, 0.2) is 24.3 Å². The Morgan fingerprint density at radius 1 is 0.246 bits per heavy atom. The number of unbranched alkanes of at least 4 members (excludes halogenated alkanes) is 47. The number of aromatic hydroxyl groups is 1. The lowest BCUT2D eigenvalue weighted by atomic mass is 10.0. The van der Waals surface area contributed by atoms with Crippen LogP contribution in [0.5, 0.6) is 5.75 Å². The van der Waals surface area contributed by atoms with E-state index in [2.05, 4.69) is 13.0 Å². The van der Waals surface area contributed by atoms with Gasteiger partial charge in [-0.3, -0.25) is 0 Å². The molecule has 0 amide bonds. The summed E-state index contributed by atoms with van der Waals surface area (Å²) in [4.78, 5) is 0. The smallest absolute Gasteiger partial charge is 0.118 e. The van der Waals surface area contributed by atoms with Gasteiger partial charge in [0.25, 0.3) is 0 Å². The minimum atomic E-state index is 0.468. The Balaban J connectivity index is 1.60. The van der Waals surface area contributed by atoms with Gasteiger partial charge in [-0.15, -0.1) is 0 Å². The van der Waals surface area contributed by atoms with E-state index in [0.29, 0.717) is 5.75 Å². The summed E-state index contributed by atoms with van der Waals surface area (Å²) in [7, 11) is 0. The number of hydrogen-bond acceptors (Lipinski definition) is 1. The molecule has 336 valence electrons. The number of benzene rings is 1. The maximum atomic E-state index is 9.86. The Labute approximate surface area is 360 Å². The molecule has 0 fully saturated rings. The highest BCUT2D eigenvalue weighted by molar-refractivity contribution is 5.31. The van der Waals surface area contributed by atoms with Crippen LogP contribution in [0.2, 0.25) is 0 Å². The van der Waals surface area contributed by atoms with Gasteiger partial charge in [0.15, 0.2) is 0 Å². The standard InChI is InChI=1S/C56H106O/c1-2-3-4-5-6-7-8-9-10-11-12-13-14-15-16-17-18-19-20-21-22-23-24-25-26-27-28-29-30-31-32-33-34-35-36-37-38-39-40-41-42-43-44-45-46-47-48-49-52-55-53-50-51-54-56(55)57/h50-51,53-54,57H,2-49,52H2,1H3. The van der Waals surface area contributed by atoms with Crippen molar-refractivity contribution in [2.45, 2.75) is 322 Å². The number of aryl methyl sites for hydroxylation is 1. The SMILES string of the molecule is CCCCCCCCCCCCCCCCCCCCCCCCCCCCCCCCCCCCCCCCCCCCCCCCCCc1ccccc1O. The first-order valence-electron chi connectivity index (χ1n) is 27.1. The normalized spacial score (nSPS) is 11.6. The molecule has 1 aromatic carbocycles. The van der Waals surface area contributed by atoms with E-state index in [4.69, 9.17) is 0 Å². The average Bonchev–Trinajstić information content (AvgIpc) is 3.22. The molecule has 1 aromatic rings. The number of phenolic OH excluding ortho intramolecular Hbond substituents is 1. The van der Waals surface area contributed by atoms with Crippen molar-refractivity contribution in [2.75, 3.05) is 0 Å². The van der Waals surface area contributed by atoms with Gasteiger partial charge < -0.3 is 5.11 Å². The van der Waals surface area contributed by atoms with E-state index in [0.717, 1.165) is 12.0 Å². The molecule has 0 bridgehead atoms. The molecule has 0 saturated carbocycles. The third-order valence-corrected chi connectivity index (χ3v) is 13.3. The summed E-state index contributed by atoms with van der Waals surface area (Å²) in [5.74, 6) is 0.468. The molecule has 1 rings (SSSR count). The highest BCUT2D eigenvalue weighted by atomic mass is 16.3. The van der Waals surface area contributed by atoms with E-state index >= 15 is 0 Å². The quantitative estimate of drug-likeness (QED) is 0.0652. The molecular weight excluding hydrogens is 689 g/mol. The lowest BCUT2D eigenvalue weighted by Gasteiger charge is -2.05. The molecule has 0 radical (unpaired) electrons. The topological polar surface area (TPSA) is 20.2 Å². The summed E-state index contributed by atoms with van der Waals surface area (Å²) in [5, 5.41) is 9.86. The van der Waals surface area contributed by atoms with Crippen molar-refractivity contribution in [1.29, 1.82) is 0 Å². The Morgan fingerprint density at radius 2 is 0.421 bits per heavy atom. The van der Waals surface area contributed by atoms with Crippen LogP contribution in [0.4, 0.5) is 0 Å². The predicted octanol–water partition coefficient (Wildman–Crippen LogP) is 20.7. The van der Waals surface area contributed by atoms with Crippen LogP contribution in [-0.4, -0.2) is 5.11 Å². The van der Waals surface area contributed by atoms with Crippen molar-refractivity contribution >= 4 is 0 Å². The van der Waals surface area contributed by atoms with Gasteiger partial charge in [-0.25, -0.2) is 0 Å². The van der Waals surface area contributed by atoms with Gasteiger partial charge in [0.2, 0.25) is 0 Å². The fourth-order valence-electron chi connectivity index (χ4n) is 9.24. The first-order valence-corrected chi connectivity index (χ1v) is 27.1. The average molecular weight is 795 g/mol. The third-order valence-electron chi connectivity index (χ3n) is 13.3. The number of hydrogen-bond donors (Lipinski definition) is 1. The van der Waals surface area contributed by atoms with Gasteiger partial charge in [-0.05, 0) is 24.5 Å². The summed E-state index contributed by atoms with van der Waals surface area (Å²) in [6.07, 6.45) is 71.3. The monoisotopic (exact) mass is 795 g/mol. The first kappa shape index (κ1) is 54.0. The Morgan fingerprint density at radius 3 is 0.614 bits per heavy atom. The van der Waals surface area contributed by atoms with Gasteiger partial charge in [0.1, 0.15) is 5.75 Å². The molecule has 0 spiro atoms. The second kappa shape index (κ2) is 47.7. The largest absolute Gasteiger partial charge is 0.508 e. The molecule has 0 unspecified atom stereocenters. The van der Waals surface area contributed by atoms with Crippen LogP contribution in [0.3, 0.4) is 0 Å². The van der Waals surface area contributed by atoms with Gasteiger partial charge in [-0.2, -0.15) is 0 Å². The maximum Gasteiger partial charge on any atom is 0.118 e. The number of phenols is 1. The zero-order chi connectivity index (χ0) is 40.6. The van der Waals surface area contributed by atoms with E-state index in [9.17, 15) is 5.11 Å². The van der Waals surface area contributed by atoms with E-state index in [-0.39, 0.29) is 0 Å². The minimum absolute atomic E-state index is 0.468. The highest BCUT2D eigenvalue weighted by Gasteiger charge is 2.01. The van der Waals surface area contributed by atoms with Crippen LogP contribution in [0.25, 0.3) is 0 Å². The van der Waals surface area contributed by atoms with Crippen LogP contribution >= 0.6 is 0 Å². The highest BCUT2D eigenvalue weighted by Crippen LogP contribution is 2.21. The van der Waals surface area contributed by atoms with Crippen LogP contribution in [0, 0.1) is 0 Å². The molecule has 1 nitrogen and oxygen atoms in total. The summed E-state index contributed by atoms with van der Waals surface area (Å²) in [5.41, 5.74) is 1.11. The summed E-state index contributed by atoms with van der Waals surface area (Å²) in [6, 6.07) is 7.81. The first-order chi connectivity index (χ1) is 28.3. The van der Waals surface area contributed by atoms with Crippen LogP contribution in [-0.2, 0) is 6.42 Å². The predicted molar refractivity (Wildman–Crippen MR) is 259 cm³/mol. The molecule has 0 aliphatic rings. The zero-order valence-corrected chi connectivity index (χ0v) is 39.4. The van der Waals surface area contributed by atoms with Gasteiger partial charge in [0.05, 0.1) is 0 Å². The fraction of sp³-hybridized carbons (Fsp3) is 0.893. The van der Waals surface area contributed by atoms with Crippen LogP contribution in [0.1, 0.15) is 321 Å². The molecule has 0 aliphatic heterocycles. The summed E-state index contributed by atoms with van der Waals surface area (Å²) >= 11 is 0. The van der Waals surface area contributed by atoms with Crippen LogP contribution < -0.4 is 0 Å². The van der Waals surface area contributed by atoms with E-state index in [1.54, 1.807) is 0 Å². The van der Waals surface area contributed by atoms with Crippen molar-refractivity contribution in [3.8, 4) is 5.75 Å². The van der Waals surface area contributed by atoms with Crippen molar-refractivity contribution in [2.24, 2.45) is 0 Å². The molecule has 1 heteroatoms. The Hall–Kier alpha value is -0.980. The fourth-order valence-corrected chi connectivity index (χ4v) is 9.24. The summed E-state index contributed by atoms with van der Waals surface area (Å²) in [6.45, 7) is 2.31. The molecule has 0 aliphatic carbocycles. The van der Waals surface area contributed by atoms with Crippen molar-refractivity contribution < 1.29 is 5.11 Å². The molecule has 0 saturated heterocycles. The zero-order valence-electron chi connectivity index (χ0n) is 39.4. The molecule has 0 heterocycles.